The zero-order valence-electron chi connectivity index (χ0n) is 9.52. The number of carbonyl (C=O) groups excluding carboxylic acids is 2. The Hall–Kier alpha value is -1.26. The third-order valence-corrected chi connectivity index (χ3v) is 3.56. The molecular formula is C11H19N3O2. The van der Waals surface area contributed by atoms with Gasteiger partial charge in [-0.1, -0.05) is 0 Å². The van der Waals surface area contributed by atoms with Crippen molar-refractivity contribution in [3.05, 3.63) is 0 Å². The van der Waals surface area contributed by atoms with Gasteiger partial charge in [0.15, 0.2) is 0 Å². The fourth-order valence-electron chi connectivity index (χ4n) is 2.67. The molecule has 2 saturated heterocycles. The number of rotatable bonds is 1. The Balaban J connectivity index is 1.93. The van der Waals surface area contributed by atoms with Crippen molar-refractivity contribution >= 4 is 11.9 Å². The second-order valence-electron chi connectivity index (χ2n) is 4.60. The topological polar surface area (TPSA) is 66.6 Å². The number of nitrogens with zero attached hydrogens (tertiary/aromatic N) is 2. The van der Waals surface area contributed by atoms with Crippen molar-refractivity contribution in [2.24, 2.45) is 5.73 Å². The van der Waals surface area contributed by atoms with E-state index in [-0.39, 0.29) is 11.9 Å². The first-order chi connectivity index (χ1) is 7.68. The molecule has 0 radical (unpaired) electrons. The van der Waals surface area contributed by atoms with Crippen LogP contribution in [0.15, 0.2) is 0 Å². The summed E-state index contributed by atoms with van der Waals surface area (Å²) in [7, 11) is 0. The second-order valence-corrected chi connectivity index (χ2v) is 4.60. The van der Waals surface area contributed by atoms with Gasteiger partial charge in [-0.2, -0.15) is 0 Å². The predicted molar refractivity (Wildman–Crippen MR) is 59.7 cm³/mol. The summed E-state index contributed by atoms with van der Waals surface area (Å²) in [6, 6.07) is -0.0206. The summed E-state index contributed by atoms with van der Waals surface area (Å²) in [5.41, 5.74) is 5.27. The van der Waals surface area contributed by atoms with Crippen molar-refractivity contribution < 1.29 is 9.59 Å². The van der Waals surface area contributed by atoms with Crippen LogP contribution in [0.2, 0.25) is 0 Å². The lowest BCUT2D eigenvalue weighted by atomic mass is 10.1. The molecule has 90 valence electrons. The molecule has 3 amide bonds. The van der Waals surface area contributed by atoms with Crippen molar-refractivity contribution in [3.63, 3.8) is 0 Å². The van der Waals surface area contributed by atoms with Crippen LogP contribution in [0.25, 0.3) is 0 Å². The monoisotopic (exact) mass is 225 g/mol. The number of amides is 3. The van der Waals surface area contributed by atoms with E-state index >= 15 is 0 Å². The summed E-state index contributed by atoms with van der Waals surface area (Å²) < 4.78 is 0. The van der Waals surface area contributed by atoms with Gasteiger partial charge in [0, 0.05) is 32.1 Å². The lowest BCUT2D eigenvalue weighted by Crippen LogP contribution is -2.39. The van der Waals surface area contributed by atoms with E-state index in [9.17, 15) is 9.59 Å². The highest BCUT2D eigenvalue weighted by atomic mass is 16.2. The van der Waals surface area contributed by atoms with Crippen LogP contribution in [-0.2, 0) is 4.79 Å². The van der Waals surface area contributed by atoms with Gasteiger partial charge in [0.1, 0.15) is 0 Å². The van der Waals surface area contributed by atoms with Crippen molar-refractivity contribution in [1.29, 1.82) is 0 Å². The lowest BCUT2D eigenvalue weighted by Gasteiger charge is -2.26. The van der Waals surface area contributed by atoms with E-state index in [1.54, 1.807) is 4.90 Å². The summed E-state index contributed by atoms with van der Waals surface area (Å²) in [4.78, 5) is 26.4. The molecule has 0 aliphatic carbocycles. The van der Waals surface area contributed by atoms with Crippen LogP contribution in [-0.4, -0.2) is 47.4 Å². The molecule has 0 aromatic carbocycles. The van der Waals surface area contributed by atoms with E-state index in [4.69, 9.17) is 5.73 Å². The summed E-state index contributed by atoms with van der Waals surface area (Å²) in [5, 5.41) is 0. The van der Waals surface area contributed by atoms with Crippen molar-refractivity contribution in [2.75, 3.05) is 19.6 Å². The second kappa shape index (κ2) is 4.72. The van der Waals surface area contributed by atoms with Crippen molar-refractivity contribution in [2.45, 2.75) is 38.1 Å². The Morgan fingerprint density at radius 2 is 2.00 bits per heavy atom. The van der Waals surface area contributed by atoms with Gasteiger partial charge >= 0.3 is 6.03 Å². The largest absolute Gasteiger partial charge is 0.351 e. The maximum absolute atomic E-state index is 11.6. The molecule has 0 saturated carbocycles. The van der Waals surface area contributed by atoms with Gasteiger partial charge in [0.2, 0.25) is 5.91 Å². The van der Waals surface area contributed by atoms with Crippen molar-refractivity contribution in [3.8, 4) is 0 Å². The van der Waals surface area contributed by atoms with Crippen LogP contribution in [0.5, 0.6) is 0 Å². The first-order valence-corrected chi connectivity index (χ1v) is 6.02. The number of urea groups is 1. The van der Waals surface area contributed by atoms with E-state index in [0.717, 1.165) is 38.8 Å². The number of carbonyl (C=O) groups is 2. The minimum atomic E-state index is -0.339. The standard InChI is InChI=1S/C11H19N3O2/c12-11(16)13-6-1-3-9(5-8-13)14-7-2-4-10(14)15/h9H,1-8H2,(H2,12,16). The third kappa shape index (κ3) is 2.28. The number of likely N-dealkylation sites (tertiary alicyclic amines) is 2. The molecule has 2 heterocycles. The molecule has 1 unspecified atom stereocenters. The summed E-state index contributed by atoms with van der Waals surface area (Å²) in [6.07, 6.45) is 4.48. The lowest BCUT2D eigenvalue weighted by molar-refractivity contribution is -0.129. The van der Waals surface area contributed by atoms with Crippen LogP contribution >= 0.6 is 0 Å². The molecule has 2 aliphatic rings. The van der Waals surface area contributed by atoms with Gasteiger partial charge in [-0.3, -0.25) is 4.79 Å². The Kier molecular flexibility index (Phi) is 3.31. The molecule has 5 heteroatoms. The molecule has 2 fully saturated rings. The van der Waals surface area contributed by atoms with Crippen LogP contribution in [0.1, 0.15) is 32.1 Å². The molecule has 16 heavy (non-hydrogen) atoms. The number of primary amides is 1. The molecule has 0 spiro atoms. The molecule has 2 N–H and O–H groups in total. The van der Waals surface area contributed by atoms with Gasteiger partial charge in [0.05, 0.1) is 0 Å². The van der Waals surface area contributed by atoms with Gasteiger partial charge in [-0.15, -0.1) is 0 Å². The van der Waals surface area contributed by atoms with Gasteiger partial charge in [-0.25, -0.2) is 4.79 Å². The Labute approximate surface area is 95.6 Å². The maximum atomic E-state index is 11.6. The smallest absolute Gasteiger partial charge is 0.314 e. The first-order valence-electron chi connectivity index (χ1n) is 6.02. The van der Waals surface area contributed by atoms with Gasteiger partial charge < -0.3 is 15.5 Å². The van der Waals surface area contributed by atoms with Gasteiger partial charge in [0.25, 0.3) is 0 Å². The highest BCUT2D eigenvalue weighted by Crippen LogP contribution is 2.22. The Bertz CT molecular complexity index is 293. The summed E-state index contributed by atoms with van der Waals surface area (Å²) in [6.45, 7) is 2.30. The Morgan fingerprint density at radius 1 is 1.19 bits per heavy atom. The average molecular weight is 225 g/mol. The quantitative estimate of drug-likeness (QED) is 0.708. The molecule has 5 nitrogen and oxygen atoms in total. The fourth-order valence-corrected chi connectivity index (χ4v) is 2.67. The number of hydrogen-bond donors (Lipinski definition) is 1. The first kappa shape index (κ1) is 11.2. The number of hydrogen-bond acceptors (Lipinski definition) is 2. The minimum absolute atomic E-state index is 0.275. The van der Waals surface area contributed by atoms with E-state index < -0.39 is 0 Å². The predicted octanol–water partition coefficient (Wildman–Crippen LogP) is 0.542. The van der Waals surface area contributed by atoms with Crippen molar-refractivity contribution in [1.82, 2.24) is 9.80 Å². The van der Waals surface area contributed by atoms with E-state index in [2.05, 4.69) is 0 Å². The normalized spacial score (nSPS) is 27.0. The van der Waals surface area contributed by atoms with Crippen LogP contribution < -0.4 is 5.73 Å². The molecular weight excluding hydrogens is 206 g/mol. The zero-order chi connectivity index (χ0) is 11.5. The number of nitrogens with two attached hydrogens (primary N) is 1. The maximum Gasteiger partial charge on any atom is 0.314 e. The van der Waals surface area contributed by atoms with Crippen LogP contribution in [0, 0.1) is 0 Å². The molecule has 2 aliphatic heterocycles. The fraction of sp³-hybridized carbons (Fsp3) is 0.818. The minimum Gasteiger partial charge on any atom is -0.351 e. The highest BCUT2D eigenvalue weighted by Gasteiger charge is 2.29. The third-order valence-electron chi connectivity index (χ3n) is 3.56. The van der Waals surface area contributed by atoms with Crippen LogP contribution in [0.4, 0.5) is 4.79 Å². The molecule has 0 aromatic rings. The SMILES string of the molecule is NC(=O)N1CCCC(N2CCCC2=O)CC1. The van der Waals surface area contributed by atoms with E-state index in [0.29, 0.717) is 19.0 Å². The average Bonchev–Trinajstić information content (AvgIpc) is 2.54. The van der Waals surface area contributed by atoms with E-state index in [1.165, 1.54) is 0 Å². The zero-order valence-corrected chi connectivity index (χ0v) is 9.52. The highest BCUT2D eigenvalue weighted by molar-refractivity contribution is 5.78. The summed E-state index contributed by atoms with van der Waals surface area (Å²) >= 11 is 0. The van der Waals surface area contributed by atoms with E-state index in [1.807, 2.05) is 4.90 Å². The molecule has 0 bridgehead atoms. The molecule has 2 rings (SSSR count). The molecule has 1 atom stereocenters. The Morgan fingerprint density at radius 3 is 2.62 bits per heavy atom. The molecule has 0 aromatic heterocycles. The van der Waals surface area contributed by atoms with Gasteiger partial charge in [-0.05, 0) is 25.7 Å². The van der Waals surface area contributed by atoms with Crippen LogP contribution in [0.3, 0.4) is 0 Å². The summed E-state index contributed by atoms with van der Waals surface area (Å²) in [5.74, 6) is 0.275.